The summed E-state index contributed by atoms with van der Waals surface area (Å²) >= 11 is 2.57. The Kier molecular flexibility index (Phi) is 5.07. The molecule has 0 aliphatic heterocycles. The Balaban J connectivity index is 1.49. The summed E-state index contributed by atoms with van der Waals surface area (Å²) < 4.78 is 39.1. The molecule has 0 spiro atoms. The first kappa shape index (κ1) is 19.5. The third-order valence-corrected chi connectivity index (χ3v) is 6.39. The van der Waals surface area contributed by atoms with E-state index >= 15 is 0 Å². The van der Waals surface area contributed by atoms with Gasteiger partial charge in [0, 0.05) is 21.3 Å². The molecule has 0 fully saturated rings. The van der Waals surface area contributed by atoms with Gasteiger partial charge in [0.25, 0.3) is 5.91 Å². The summed E-state index contributed by atoms with van der Waals surface area (Å²) in [5.41, 5.74) is 1.91. The van der Waals surface area contributed by atoms with Crippen LogP contribution < -0.4 is 10.0 Å². The molecule has 6 nitrogen and oxygen atoms in total. The van der Waals surface area contributed by atoms with Crippen LogP contribution in [0.2, 0.25) is 0 Å². The minimum absolute atomic E-state index is 0.305. The second-order valence-corrected chi connectivity index (χ2v) is 9.93. The molecule has 0 aliphatic carbocycles. The summed E-state index contributed by atoms with van der Waals surface area (Å²) in [4.78, 5) is 17.4. The number of fused-ring (bicyclic) bond motifs is 1. The summed E-state index contributed by atoms with van der Waals surface area (Å²) in [6.07, 6.45) is 1.09. The van der Waals surface area contributed by atoms with E-state index < -0.39 is 10.0 Å². The van der Waals surface area contributed by atoms with Crippen LogP contribution in [0.5, 0.6) is 0 Å². The van der Waals surface area contributed by atoms with Crippen LogP contribution in [0.25, 0.3) is 21.3 Å². The van der Waals surface area contributed by atoms with E-state index in [1.165, 1.54) is 34.8 Å². The van der Waals surface area contributed by atoms with E-state index in [0.29, 0.717) is 26.8 Å². The van der Waals surface area contributed by atoms with Crippen LogP contribution in [0.1, 0.15) is 9.67 Å². The predicted molar refractivity (Wildman–Crippen MR) is 116 cm³/mol. The lowest BCUT2D eigenvalue weighted by molar-refractivity contribution is 0.103. The number of hydrogen-bond acceptors (Lipinski definition) is 6. The number of nitrogens with one attached hydrogen (secondary N) is 2. The smallest absolute Gasteiger partial charge is 0.267 e. The highest BCUT2D eigenvalue weighted by Gasteiger charge is 2.13. The fourth-order valence-electron chi connectivity index (χ4n) is 2.67. The molecule has 0 aliphatic rings. The molecule has 0 saturated heterocycles. The number of amides is 1. The van der Waals surface area contributed by atoms with Gasteiger partial charge in [-0.05, 0) is 41.8 Å². The molecule has 1 amide bonds. The van der Waals surface area contributed by atoms with Crippen LogP contribution in [0.4, 0.5) is 15.2 Å². The highest BCUT2D eigenvalue weighted by atomic mass is 32.2. The molecule has 29 heavy (non-hydrogen) atoms. The van der Waals surface area contributed by atoms with E-state index in [2.05, 4.69) is 15.0 Å². The molecule has 2 aromatic heterocycles. The molecule has 2 aromatic carbocycles. The van der Waals surface area contributed by atoms with Crippen molar-refractivity contribution in [2.24, 2.45) is 0 Å². The van der Waals surface area contributed by atoms with Crippen LogP contribution in [0.3, 0.4) is 0 Å². The molecule has 0 bridgehead atoms. The number of aromatic nitrogens is 1. The summed E-state index contributed by atoms with van der Waals surface area (Å²) in [6, 6.07) is 12.8. The SMILES string of the molecule is CS(=O)(=O)Nc1ccc(-c2csc(NC(=O)c3cc4cc(F)ccc4s3)n2)cc1. The van der Waals surface area contributed by atoms with Gasteiger partial charge in [-0.2, -0.15) is 0 Å². The van der Waals surface area contributed by atoms with Gasteiger partial charge < -0.3 is 0 Å². The lowest BCUT2D eigenvalue weighted by atomic mass is 10.1. The minimum Gasteiger partial charge on any atom is -0.297 e. The second-order valence-electron chi connectivity index (χ2n) is 6.24. The summed E-state index contributed by atoms with van der Waals surface area (Å²) in [5.74, 6) is -0.648. The van der Waals surface area contributed by atoms with Gasteiger partial charge in [0.2, 0.25) is 10.0 Å². The summed E-state index contributed by atoms with van der Waals surface area (Å²) in [7, 11) is -3.33. The number of thiazole rings is 1. The largest absolute Gasteiger partial charge is 0.297 e. The lowest BCUT2D eigenvalue weighted by Gasteiger charge is -2.04. The molecule has 4 aromatic rings. The average molecular weight is 448 g/mol. The van der Waals surface area contributed by atoms with Crippen LogP contribution in [-0.2, 0) is 10.0 Å². The van der Waals surface area contributed by atoms with Crippen molar-refractivity contribution in [2.75, 3.05) is 16.3 Å². The van der Waals surface area contributed by atoms with Gasteiger partial charge >= 0.3 is 0 Å². The van der Waals surface area contributed by atoms with Crippen molar-refractivity contribution >= 4 is 59.5 Å². The van der Waals surface area contributed by atoms with Crippen molar-refractivity contribution in [1.29, 1.82) is 0 Å². The van der Waals surface area contributed by atoms with E-state index in [1.54, 1.807) is 41.8 Å². The number of rotatable bonds is 5. The molecule has 148 valence electrons. The van der Waals surface area contributed by atoms with E-state index in [0.717, 1.165) is 16.5 Å². The van der Waals surface area contributed by atoms with Gasteiger partial charge in [-0.25, -0.2) is 17.8 Å². The molecule has 0 unspecified atom stereocenters. The standard InChI is InChI=1S/C19H14FN3O3S3/c1-29(25,26)23-14-5-2-11(3-6-14)15-10-27-19(21-15)22-18(24)17-9-12-8-13(20)4-7-16(12)28-17/h2-10,23H,1H3,(H,21,22,24). The first-order valence-corrected chi connectivity index (χ1v) is 11.9. The zero-order valence-corrected chi connectivity index (χ0v) is 17.4. The zero-order chi connectivity index (χ0) is 20.6. The molecule has 2 heterocycles. The number of hydrogen-bond donors (Lipinski definition) is 2. The van der Waals surface area contributed by atoms with Crippen molar-refractivity contribution in [3.05, 3.63) is 64.6 Å². The Morgan fingerprint density at radius 1 is 1.10 bits per heavy atom. The molecule has 0 saturated carbocycles. The second kappa shape index (κ2) is 7.54. The third kappa shape index (κ3) is 4.61. The number of nitrogens with zero attached hydrogens (tertiary/aromatic N) is 1. The zero-order valence-electron chi connectivity index (χ0n) is 15.0. The summed E-state index contributed by atoms with van der Waals surface area (Å²) in [5, 5.41) is 5.68. The first-order valence-electron chi connectivity index (χ1n) is 8.31. The van der Waals surface area contributed by atoms with Crippen LogP contribution in [0.15, 0.2) is 53.9 Å². The Bertz CT molecular complexity index is 1310. The van der Waals surface area contributed by atoms with Gasteiger partial charge in [-0.1, -0.05) is 12.1 Å². The Hall–Kier alpha value is -2.82. The van der Waals surface area contributed by atoms with Crippen molar-refractivity contribution in [2.45, 2.75) is 0 Å². The van der Waals surface area contributed by atoms with Crippen LogP contribution in [0, 0.1) is 5.82 Å². The highest BCUT2D eigenvalue weighted by molar-refractivity contribution is 7.92. The van der Waals surface area contributed by atoms with Crippen molar-refractivity contribution < 1.29 is 17.6 Å². The fraction of sp³-hybridized carbons (Fsp3) is 0.0526. The Morgan fingerprint density at radius 3 is 2.59 bits per heavy atom. The quantitative estimate of drug-likeness (QED) is 0.461. The molecule has 0 atom stereocenters. The maximum absolute atomic E-state index is 13.3. The molecule has 4 rings (SSSR count). The number of anilines is 2. The fourth-order valence-corrected chi connectivity index (χ4v) is 4.89. The normalized spacial score (nSPS) is 11.5. The number of carbonyl (C=O) groups is 1. The summed E-state index contributed by atoms with van der Waals surface area (Å²) in [6.45, 7) is 0. The van der Waals surface area contributed by atoms with Crippen molar-refractivity contribution in [3.63, 3.8) is 0 Å². The van der Waals surface area contributed by atoms with E-state index in [4.69, 9.17) is 0 Å². The Morgan fingerprint density at radius 2 is 1.86 bits per heavy atom. The number of carbonyl (C=O) groups excluding carboxylic acids is 1. The number of halogens is 1. The van der Waals surface area contributed by atoms with E-state index in [-0.39, 0.29) is 11.7 Å². The number of thiophene rings is 1. The van der Waals surface area contributed by atoms with E-state index in [9.17, 15) is 17.6 Å². The number of benzene rings is 2. The highest BCUT2D eigenvalue weighted by Crippen LogP contribution is 2.29. The van der Waals surface area contributed by atoms with Gasteiger partial charge in [-0.3, -0.25) is 14.8 Å². The minimum atomic E-state index is -3.33. The monoisotopic (exact) mass is 447 g/mol. The molecular formula is C19H14FN3O3S3. The Labute approximate surface area is 174 Å². The van der Waals surface area contributed by atoms with Gasteiger partial charge in [-0.15, -0.1) is 22.7 Å². The van der Waals surface area contributed by atoms with Crippen molar-refractivity contribution in [3.8, 4) is 11.3 Å². The molecular weight excluding hydrogens is 433 g/mol. The predicted octanol–water partition coefficient (Wildman–Crippen LogP) is 4.79. The molecule has 10 heteroatoms. The van der Waals surface area contributed by atoms with Crippen LogP contribution >= 0.6 is 22.7 Å². The third-order valence-electron chi connectivity index (χ3n) is 3.91. The average Bonchev–Trinajstić information content (AvgIpc) is 3.27. The topological polar surface area (TPSA) is 88.2 Å². The number of sulfonamides is 1. The van der Waals surface area contributed by atoms with E-state index in [1.807, 2.05) is 0 Å². The first-order chi connectivity index (χ1) is 13.8. The van der Waals surface area contributed by atoms with Gasteiger partial charge in [0.05, 0.1) is 16.8 Å². The van der Waals surface area contributed by atoms with Crippen LogP contribution in [-0.4, -0.2) is 25.6 Å². The van der Waals surface area contributed by atoms with Crippen molar-refractivity contribution in [1.82, 2.24) is 4.98 Å². The van der Waals surface area contributed by atoms with Gasteiger partial charge in [0.15, 0.2) is 5.13 Å². The molecule has 0 radical (unpaired) electrons. The lowest BCUT2D eigenvalue weighted by Crippen LogP contribution is -2.09. The van der Waals surface area contributed by atoms with Gasteiger partial charge in [0.1, 0.15) is 5.82 Å². The maximum atomic E-state index is 13.3. The molecule has 2 N–H and O–H groups in total. The maximum Gasteiger partial charge on any atom is 0.267 e.